The maximum atomic E-state index is 12.4. The quantitative estimate of drug-likeness (QED) is 0.0499. The van der Waals surface area contributed by atoms with E-state index >= 15 is 0 Å². The van der Waals surface area contributed by atoms with Gasteiger partial charge in [0.15, 0.2) is 11.5 Å². The van der Waals surface area contributed by atoms with Crippen molar-refractivity contribution in [3.63, 3.8) is 0 Å². The van der Waals surface area contributed by atoms with E-state index in [1.54, 1.807) is 42.6 Å². The summed E-state index contributed by atoms with van der Waals surface area (Å²) in [5.41, 5.74) is 3.74. The van der Waals surface area contributed by atoms with Crippen molar-refractivity contribution in [3.8, 4) is 11.5 Å². The molecule has 0 unspecified atom stereocenters. The third-order valence-electron chi connectivity index (χ3n) is 6.86. The molecule has 7 heteroatoms. The molecule has 0 aliphatic carbocycles. The molecule has 0 atom stereocenters. The Bertz CT molecular complexity index is 1040. The van der Waals surface area contributed by atoms with Gasteiger partial charge in [-0.15, -0.1) is 0 Å². The van der Waals surface area contributed by atoms with Gasteiger partial charge >= 0.3 is 5.97 Å². The number of carbonyl (C=O) groups is 2. The van der Waals surface area contributed by atoms with Crippen molar-refractivity contribution < 1.29 is 19.1 Å². The second-order valence-electron chi connectivity index (χ2n) is 10.3. The first-order valence-electron chi connectivity index (χ1n) is 15.0. The van der Waals surface area contributed by atoms with Gasteiger partial charge in [-0.25, -0.2) is 10.2 Å². The number of halogens is 1. The SMILES string of the molecule is CCCCCCCCCCCCCCCCCC(=O)N/N=C/c1ccc(OC(=O)c2cccc(Br)c2)c(OC)c1. The molecule has 0 aliphatic rings. The molecule has 0 heterocycles. The van der Waals surface area contributed by atoms with Crippen LogP contribution < -0.4 is 14.9 Å². The number of hydrogen-bond acceptors (Lipinski definition) is 5. The fraction of sp³-hybridized carbons (Fsp3) is 0.545. The number of unbranched alkanes of at least 4 members (excludes halogenated alkanes) is 14. The highest BCUT2D eigenvalue weighted by Gasteiger charge is 2.13. The van der Waals surface area contributed by atoms with E-state index in [4.69, 9.17) is 9.47 Å². The van der Waals surface area contributed by atoms with E-state index in [0.29, 0.717) is 29.0 Å². The van der Waals surface area contributed by atoms with Gasteiger partial charge < -0.3 is 9.47 Å². The number of amides is 1. The molecule has 2 aromatic rings. The zero-order chi connectivity index (χ0) is 28.8. The molecule has 40 heavy (non-hydrogen) atoms. The van der Waals surface area contributed by atoms with Crippen molar-refractivity contribution in [2.45, 2.75) is 110 Å². The van der Waals surface area contributed by atoms with Crippen molar-refractivity contribution in [1.29, 1.82) is 0 Å². The van der Waals surface area contributed by atoms with Crippen LogP contribution in [0.3, 0.4) is 0 Å². The van der Waals surface area contributed by atoms with Gasteiger partial charge in [-0.2, -0.15) is 5.10 Å². The molecule has 0 aliphatic heterocycles. The Kier molecular flexibility index (Phi) is 17.7. The maximum absolute atomic E-state index is 12.4. The predicted octanol–water partition coefficient (Wildman–Crippen LogP) is 9.39. The van der Waals surface area contributed by atoms with Crippen molar-refractivity contribution in [1.82, 2.24) is 5.43 Å². The average molecular weight is 616 g/mol. The van der Waals surface area contributed by atoms with E-state index in [1.807, 2.05) is 6.07 Å². The Labute approximate surface area is 249 Å². The van der Waals surface area contributed by atoms with Gasteiger partial charge in [-0.1, -0.05) is 119 Å². The lowest BCUT2D eigenvalue weighted by atomic mass is 10.0. The highest BCUT2D eigenvalue weighted by Crippen LogP contribution is 2.28. The van der Waals surface area contributed by atoms with Crippen LogP contribution in [-0.4, -0.2) is 25.2 Å². The van der Waals surface area contributed by atoms with Crippen molar-refractivity contribution in [2.75, 3.05) is 7.11 Å². The summed E-state index contributed by atoms with van der Waals surface area (Å²) in [6.07, 6.45) is 21.6. The Morgan fingerprint density at radius 1 is 0.800 bits per heavy atom. The molecule has 0 saturated heterocycles. The number of nitrogens with zero attached hydrogens (tertiary/aromatic N) is 1. The summed E-state index contributed by atoms with van der Waals surface area (Å²) in [4.78, 5) is 24.6. The van der Waals surface area contributed by atoms with Crippen LogP contribution >= 0.6 is 15.9 Å². The minimum Gasteiger partial charge on any atom is -0.493 e. The van der Waals surface area contributed by atoms with Gasteiger partial charge in [0.05, 0.1) is 18.9 Å². The van der Waals surface area contributed by atoms with Crippen LogP contribution in [0.25, 0.3) is 0 Å². The number of benzene rings is 2. The summed E-state index contributed by atoms with van der Waals surface area (Å²) in [5.74, 6) is 0.141. The van der Waals surface area contributed by atoms with Crippen LogP contribution in [0.2, 0.25) is 0 Å². The topological polar surface area (TPSA) is 77.0 Å². The molecule has 2 aromatic carbocycles. The number of nitrogens with one attached hydrogen (secondary N) is 1. The lowest BCUT2D eigenvalue weighted by molar-refractivity contribution is -0.121. The van der Waals surface area contributed by atoms with Gasteiger partial charge in [0, 0.05) is 10.9 Å². The van der Waals surface area contributed by atoms with Crippen molar-refractivity contribution in [3.05, 3.63) is 58.1 Å². The molecule has 0 bridgehead atoms. The lowest BCUT2D eigenvalue weighted by Crippen LogP contribution is -2.16. The number of hydrogen-bond donors (Lipinski definition) is 1. The third-order valence-corrected chi connectivity index (χ3v) is 7.35. The summed E-state index contributed by atoms with van der Waals surface area (Å²) in [5, 5.41) is 4.06. The predicted molar refractivity (Wildman–Crippen MR) is 167 cm³/mol. The van der Waals surface area contributed by atoms with Gasteiger partial charge in [-0.3, -0.25) is 4.79 Å². The van der Waals surface area contributed by atoms with E-state index in [2.05, 4.69) is 33.4 Å². The number of carbonyl (C=O) groups excluding carboxylic acids is 2. The van der Waals surface area contributed by atoms with Gasteiger partial charge in [0.1, 0.15) is 0 Å². The smallest absolute Gasteiger partial charge is 0.343 e. The van der Waals surface area contributed by atoms with E-state index in [9.17, 15) is 9.59 Å². The van der Waals surface area contributed by atoms with Gasteiger partial charge in [0.2, 0.25) is 5.91 Å². The Morgan fingerprint density at radius 3 is 1.98 bits per heavy atom. The monoisotopic (exact) mass is 614 g/mol. The summed E-state index contributed by atoms with van der Waals surface area (Å²) < 4.78 is 11.7. The second-order valence-corrected chi connectivity index (χ2v) is 11.2. The molecule has 1 N–H and O–H groups in total. The number of hydrazone groups is 1. The highest BCUT2D eigenvalue weighted by atomic mass is 79.9. The summed E-state index contributed by atoms with van der Waals surface area (Å²) in [6.45, 7) is 2.27. The van der Waals surface area contributed by atoms with E-state index in [-0.39, 0.29) is 5.91 Å². The normalized spacial score (nSPS) is 11.1. The van der Waals surface area contributed by atoms with Crippen LogP contribution in [0.1, 0.15) is 126 Å². The first kappa shape index (κ1) is 33.5. The fourth-order valence-electron chi connectivity index (χ4n) is 4.51. The minimum absolute atomic E-state index is 0.0857. The molecule has 1 amide bonds. The molecule has 0 saturated carbocycles. The standard InChI is InChI=1S/C33H47BrN2O4/c1-3-4-5-6-7-8-9-10-11-12-13-14-15-16-17-21-32(37)36-35-26-27-22-23-30(31(24-27)39-2)40-33(38)28-19-18-20-29(34)25-28/h18-20,22-26H,3-17,21H2,1-2H3,(H,36,37)/b35-26+. The van der Waals surface area contributed by atoms with Crippen LogP contribution in [0, 0.1) is 0 Å². The molecule has 220 valence electrons. The van der Waals surface area contributed by atoms with Gasteiger partial charge in [0.25, 0.3) is 0 Å². The Balaban J connectivity index is 1.55. The molecule has 0 spiro atoms. The first-order valence-corrected chi connectivity index (χ1v) is 15.8. The number of ether oxygens (including phenoxy) is 2. The van der Waals surface area contributed by atoms with E-state index < -0.39 is 5.97 Å². The number of esters is 1. The van der Waals surface area contributed by atoms with Crippen molar-refractivity contribution >= 4 is 34.0 Å². The lowest BCUT2D eigenvalue weighted by Gasteiger charge is -2.10. The summed E-state index contributed by atoms with van der Waals surface area (Å²) >= 11 is 3.35. The van der Waals surface area contributed by atoms with Crippen LogP contribution in [0.4, 0.5) is 0 Å². The van der Waals surface area contributed by atoms with Crippen molar-refractivity contribution in [2.24, 2.45) is 5.10 Å². The molecular formula is C33H47BrN2O4. The molecular weight excluding hydrogens is 568 g/mol. The van der Waals surface area contributed by atoms with Crippen LogP contribution in [0.5, 0.6) is 11.5 Å². The second kappa shape index (κ2) is 21.1. The summed E-state index contributed by atoms with van der Waals surface area (Å²) in [6, 6.07) is 12.1. The largest absolute Gasteiger partial charge is 0.493 e. The third kappa shape index (κ3) is 14.6. The Morgan fingerprint density at radius 2 is 1.40 bits per heavy atom. The maximum Gasteiger partial charge on any atom is 0.343 e. The van der Waals surface area contributed by atoms with Gasteiger partial charge in [-0.05, 0) is 48.4 Å². The average Bonchev–Trinajstić information content (AvgIpc) is 2.95. The van der Waals surface area contributed by atoms with Crippen LogP contribution in [-0.2, 0) is 4.79 Å². The summed E-state index contributed by atoms with van der Waals surface area (Å²) in [7, 11) is 1.51. The highest BCUT2D eigenvalue weighted by molar-refractivity contribution is 9.10. The zero-order valence-electron chi connectivity index (χ0n) is 24.4. The number of methoxy groups -OCH3 is 1. The van der Waals surface area contributed by atoms with E-state index in [0.717, 1.165) is 17.3 Å². The Hall–Kier alpha value is -2.67. The van der Waals surface area contributed by atoms with E-state index in [1.165, 1.54) is 90.6 Å². The fourth-order valence-corrected chi connectivity index (χ4v) is 4.91. The molecule has 0 radical (unpaired) electrons. The molecule has 6 nitrogen and oxygen atoms in total. The molecule has 2 rings (SSSR count). The first-order chi connectivity index (χ1) is 19.5. The number of rotatable bonds is 21. The minimum atomic E-state index is -0.480. The van der Waals surface area contributed by atoms with Crippen LogP contribution in [0.15, 0.2) is 52.0 Å². The molecule has 0 aromatic heterocycles. The molecule has 0 fully saturated rings. The zero-order valence-corrected chi connectivity index (χ0v) is 26.0.